The summed E-state index contributed by atoms with van der Waals surface area (Å²) < 4.78 is 35.6. The van der Waals surface area contributed by atoms with Gasteiger partial charge in [-0.25, -0.2) is 0 Å². The van der Waals surface area contributed by atoms with Gasteiger partial charge in [-0.05, 0) is 12.5 Å². The summed E-state index contributed by atoms with van der Waals surface area (Å²) in [6.45, 7) is 2.22. The number of rotatable bonds is 5. The molecule has 0 aliphatic heterocycles. The first-order valence-corrected chi connectivity index (χ1v) is 5.48. The number of hydrogen-bond donors (Lipinski definition) is 2. The summed E-state index contributed by atoms with van der Waals surface area (Å²) >= 11 is 0. The first kappa shape index (κ1) is 14.0. The zero-order valence-corrected chi connectivity index (χ0v) is 9.72. The van der Waals surface area contributed by atoms with Gasteiger partial charge in [0.25, 0.3) is 0 Å². The number of nitrogens with one attached hydrogen (secondary N) is 1. The molecule has 1 rings (SSSR count). The van der Waals surface area contributed by atoms with E-state index in [1.54, 1.807) is 0 Å². The Morgan fingerprint density at radius 3 is 2.35 bits per heavy atom. The van der Waals surface area contributed by atoms with Crippen molar-refractivity contribution in [3.63, 3.8) is 0 Å². The molecule has 3 N–H and O–H groups in total. The van der Waals surface area contributed by atoms with E-state index in [4.69, 9.17) is 5.73 Å². The average molecular weight is 246 g/mol. The van der Waals surface area contributed by atoms with E-state index in [1.165, 1.54) is 0 Å². The molecule has 96 valence electrons. The monoisotopic (exact) mass is 246 g/mol. The Morgan fingerprint density at radius 1 is 1.24 bits per heavy atom. The van der Waals surface area contributed by atoms with E-state index >= 15 is 0 Å². The first-order chi connectivity index (χ1) is 7.88. The van der Waals surface area contributed by atoms with E-state index in [-0.39, 0.29) is 12.6 Å². The third-order valence-electron chi connectivity index (χ3n) is 2.46. The van der Waals surface area contributed by atoms with Crippen molar-refractivity contribution < 1.29 is 13.2 Å². The number of alkyl halides is 3. The maximum Gasteiger partial charge on any atom is 0.390 e. The van der Waals surface area contributed by atoms with Gasteiger partial charge < -0.3 is 11.1 Å². The summed E-state index contributed by atoms with van der Waals surface area (Å²) in [5.74, 6) is 0. The quantitative estimate of drug-likeness (QED) is 0.783. The lowest BCUT2D eigenvalue weighted by atomic mass is 10.1. The number of benzene rings is 1. The Morgan fingerprint density at radius 2 is 1.82 bits per heavy atom. The highest BCUT2D eigenvalue weighted by Crippen LogP contribution is 2.18. The third kappa shape index (κ3) is 5.70. The summed E-state index contributed by atoms with van der Waals surface area (Å²) in [5, 5.41) is 2.71. The lowest BCUT2D eigenvalue weighted by molar-refractivity contribution is -0.133. The molecule has 0 heterocycles. The number of nitrogens with two attached hydrogens (primary N) is 1. The highest BCUT2D eigenvalue weighted by atomic mass is 19.4. The van der Waals surface area contributed by atoms with Crippen LogP contribution < -0.4 is 11.1 Å². The highest BCUT2D eigenvalue weighted by Gasteiger charge is 2.25. The summed E-state index contributed by atoms with van der Waals surface area (Å²) in [4.78, 5) is 0. The molecule has 0 spiro atoms. The van der Waals surface area contributed by atoms with Gasteiger partial charge in [-0.2, -0.15) is 13.2 Å². The Bertz CT molecular complexity index is 333. The molecule has 0 amide bonds. The van der Waals surface area contributed by atoms with Crippen molar-refractivity contribution in [1.29, 1.82) is 0 Å². The molecule has 0 bridgehead atoms. The lowest BCUT2D eigenvalue weighted by Gasteiger charge is -2.14. The summed E-state index contributed by atoms with van der Waals surface area (Å²) in [6, 6.07) is 7.39. The second-order valence-electron chi connectivity index (χ2n) is 4.09. The third-order valence-corrected chi connectivity index (χ3v) is 2.46. The van der Waals surface area contributed by atoms with Crippen LogP contribution in [0.1, 0.15) is 23.6 Å². The fourth-order valence-corrected chi connectivity index (χ4v) is 1.42. The van der Waals surface area contributed by atoms with Crippen LogP contribution in [0, 0.1) is 6.92 Å². The van der Waals surface area contributed by atoms with Gasteiger partial charge in [0.2, 0.25) is 0 Å². The van der Waals surface area contributed by atoms with Gasteiger partial charge in [-0.15, -0.1) is 0 Å². The maximum absolute atomic E-state index is 11.9. The number of halogens is 3. The Labute approximate surface area is 99.0 Å². The van der Waals surface area contributed by atoms with Crippen molar-refractivity contribution in [2.75, 3.05) is 13.1 Å². The summed E-state index contributed by atoms with van der Waals surface area (Å²) in [6.07, 6.45) is -4.94. The highest BCUT2D eigenvalue weighted by molar-refractivity contribution is 5.23. The van der Waals surface area contributed by atoms with Crippen molar-refractivity contribution in [3.8, 4) is 0 Å². The molecule has 0 aromatic heterocycles. The summed E-state index contributed by atoms with van der Waals surface area (Å²) in [7, 11) is 0. The van der Waals surface area contributed by atoms with Crippen LogP contribution in [0.25, 0.3) is 0 Å². The molecule has 5 heteroatoms. The van der Waals surface area contributed by atoms with Gasteiger partial charge in [0.05, 0.1) is 6.42 Å². The van der Waals surface area contributed by atoms with E-state index < -0.39 is 12.6 Å². The fraction of sp³-hybridized carbons (Fsp3) is 0.500. The molecule has 0 saturated carbocycles. The molecule has 0 fully saturated rings. The first-order valence-electron chi connectivity index (χ1n) is 5.48. The Hall–Kier alpha value is -1.07. The molecule has 0 aliphatic rings. The number of hydrogen-bond acceptors (Lipinski definition) is 2. The Balaban J connectivity index is 2.30. The van der Waals surface area contributed by atoms with E-state index in [1.807, 2.05) is 31.2 Å². The zero-order chi connectivity index (χ0) is 12.9. The minimum atomic E-state index is -4.11. The molecule has 0 aliphatic carbocycles. The van der Waals surface area contributed by atoms with E-state index in [2.05, 4.69) is 5.32 Å². The van der Waals surface area contributed by atoms with Crippen molar-refractivity contribution in [2.24, 2.45) is 5.73 Å². The summed E-state index contributed by atoms with van der Waals surface area (Å²) in [5.41, 5.74) is 7.91. The van der Waals surface area contributed by atoms with Gasteiger partial charge in [-0.3, -0.25) is 0 Å². The normalized spacial score (nSPS) is 13.7. The van der Waals surface area contributed by atoms with Crippen molar-refractivity contribution in [3.05, 3.63) is 35.4 Å². The van der Waals surface area contributed by atoms with Gasteiger partial charge in [-0.1, -0.05) is 29.8 Å². The van der Waals surface area contributed by atoms with Gasteiger partial charge in [0, 0.05) is 19.1 Å². The zero-order valence-electron chi connectivity index (χ0n) is 9.72. The van der Waals surface area contributed by atoms with E-state index in [9.17, 15) is 13.2 Å². The van der Waals surface area contributed by atoms with Crippen LogP contribution in [-0.4, -0.2) is 19.3 Å². The SMILES string of the molecule is Cc1ccc(C(N)CNCCC(F)(F)F)cc1. The predicted molar refractivity (Wildman–Crippen MR) is 61.6 cm³/mol. The molecule has 1 unspecified atom stereocenters. The van der Waals surface area contributed by atoms with Gasteiger partial charge in [0.15, 0.2) is 0 Å². The molecule has 2 nitrogen and oxygen atoms in total. The van der Waals surface area contributed by atoms with Crippen LogP contribution in [0.2, 0.25) is 0 Å². The van der Waals surface area contributed by atoms with Crippen LogP contribution in [0.3, 0.4) is 0 Å². The minimum absolute atomic E-state index is 0.0942. The Kier molecular flexibility index (Phi) is 4.96. The second-order valence-corrected chi connectivity index (χ2v) is 4.09. The molecule has 1 atom stereocenters. The van der Waals surface area contributed by atoms with Crippen LogP contribution >= 0.6 is 0 Å². The van der Waals surface area contributed by atoms with Crippen LogP contribution in [-0.2, 0) is 0 Å². The number of aryl methyl sites for hydroxylation is 1. The molecule has 1 aromatic carbocycles. The largest absolute Gasteiger partial charge is 0.390 e. The van der Waals surface area contributed by atoms with Crippen LogP contribution in [0.4, 0.5) is 13.2 Å². The standard InChI is InChI=1S/C12H17F3N2/c1-9-2-4-10(5-3-9)11(16)8-17-7-6-12(13,14)15/h2-5,11,17H,6-8,16H2,1H3. The maximum atomic E-state index is 11.9. The van der Waals surface area contributed by atoms with E-state index in [0.717, 1.165) is 11.1 Å². The lowest BCUT2D eigenvalue weighted by Crippen LogP contribution is -2.29. The van der Waals surface area contributed by atoms with E-state index in [0.29, 0.717) is 6.54 Å². The topological polar surface area (TPSA) is 38.0 Å². The molecular formula is C12H17F3N2. The van der Waals surface area contributed by atoms with Crippen molar-refractivity contribution in [2.45, 2.75) is 25.6 Å². The average Bonchev–Trinajstić information content (AvgIpc) is 2.24. The van der Waals surface area contributed by atoms with Crippen LogP contribution in [0.5, 0.6) is 0 Å². The molecule has 0 radical (unpaired) electrons. The van der Waals surface area contributed by atoms with Gasteiger partial charge >= 0.3 is 6.18 Å². The molecular weight excluding hydrogens is 229 g/mol. The predicted octanol–water partition coefficient (Wildman–Crippen LogP) is 2.54. The van der Waals surface area contributed by atoms with Crippen molar-refractivity contribution in [1.82, 2.24) is 5.32 Å². The minimum Gasteiger partial charge on any atom is -0.323 e. The molecule has 0 saturated heterocycles. The van der Waals surface area contributed by atoms with Crippen molar-refractivity contribution >= 4 is 0 Å². The van der Waals surface area contributed by atoms with Gasteiger partial charge in [0.1, 0.15) is 0 Å². The van der Waals surface area contributed by atoms with Crippen LogP contribution in [0.15, 0.2) is 24.3 Å². The second kappa shape index (κ2) is 6.02. The molecule has 17 heavy (non-hydrogen) atoms. The molecule has 1 aromatic rings. The smallest absolute Gasteiger partial charge is 0.323 e. The fourth-order valence-electron chi connectivity index (χ4n) is 1.42.